The number of halogens is 1. The topological polar surface area (TPSA) is 57.4 Å². The Morgan fingerprint density at radius 3 is 2.79 bits per heavy atom. The van der Waals surface area contributed by atoms with Gasteiger partial charge >= 0.3 is 0 Å². The van der Waals surface area contributed by atoms with Gasteiger partial charge in [-0.15, -0.1) is 0 Å². The molecule has 0 aromatic carbocycles. The molecule has 1 fully saturated rings. The van der Waals surface area contributed by atoms with Gasteiger partial charge < -0.3 is 15.2 Å². The Morgan fingerprint density at radius 2 is 2.14 bits per heavy atom. The highest BCUT2D eigenvalue weighted by Crippen LogP contribution is 2.34. The second-order valence-corrected chi connectivity index (χ2v) is 3.62. The monoisotopic (exact) mass is 214 g/mol. The molecule has 0 bridgehead atoms. The number of aromatic nitrogens is 1. The van der Waals surface area contributed by atoms with Gasteiger partial charge in [-0.05, 0) is 13.0 Å². The van der Waals surface area contributed by atoms with Gasteiger partial charge in [-0.1, -0.05) is 11.6 Å². The minimum absolute atomic E-state index is 0.384. The minimum Gasteiger partial charge on any atom is -0.397 e. The third kappa shape index (κ3) is 1.56. The molecule has 0 saturated carbocycles. The largest absolute Gasteiger partial charge is 0.397 e. The van der Waals surface area contributed by atoms with Crippen LogP contribution in [-0.2, 0) is 15.3 Å². The number of nitrogens with zero attached hydrogens (tertiary/aromatic N) is 1. The average molecular weight is 215 g/mol. The maximum absolute atomic E-state index is 5.78. The summed E-state index contributed by atoms with van der Waals surface area (Å²) in [5.41, 5.74) is 7.03. The third-order valence-electron chi connectivity index (χ3n) is 2.23. The molecule has 1 saturated heterocycles. The molecule has 0 atom stereocenters. The van der Waals surface area contributed by atoms with E-state index in [9.17, 15) is 0 Å². The van der Waals surface area contributed by atoms with Crippen molar-refractivity contribution in [2.75, 3.05) is 18.9 Å². The summed E-state index contributed by atoms with van der Waals surface area (Å²) < 4.78 is 10.9. The zero-order chi connectivity index (χ0) is 10.2. The molecule has 2 rings (SSSR count). The lowest BCUT2D eigenvalue weighted by Gasteiger charge is -2.23. The van der Waals surface area contributed by atoms with Crippen molar-refractivity contribution in [3.8, 4) is 0 Å². The fraction of sp³-hybridized carbons (Fsp3) is 0.444. The summed E-state index contributed by atoms with van der Waals surface area (Å²) in [6.45, 7) is 2.95. The van der Waals surface area contributed by atoms with Crippen molar-refractivity contribution >= 4 is 17.3 Å². The van der Waals surface area contributed by atoms with Crippen LogP contribution in [0.15, 0.2) is 12.3 Å². The van der Waals surface area contributed by atoms with Crippen LogP contribution in [0.1, 0.15) is 12.5 Å². The van der Waals surface area contributed by atoms with Crippen LogP contribution in [-0.4, -0.2) is 18.2 Å². The van der Waals surface area contributed by atoms with Crippen LogP contribution in [0.5, 0.6) is 0 Å². The van der Waals surface area contributed by atoms with Gasteiger partial charge in [0.1, 0.15) is 5.15 Å². The maximum atomic E-state index is 5.78. The summed E-state index contributed by atoms with van der Waals surface area (Å²) in [4.78, 5) is 3.87. The van der Waals surface area contributed by atoms with Crippen molar-refractivity contribution in [3.05, 3.63) is 23.0 Å². The van der Waals surface area contributed by atoms with Crippen LogP contribution in [0.3, 0.4) is 0 Å². The molecule has 1 aliphatic heterocycles. The number of anilines is 1. The SMILES string of the molecule is CC1(c2cc(Cl)ncc2N)OCCO1. The quantitative estimate of drug-likeness (QED) is 0.721. The Bertz CT molecular complexity index is 351. The van der Waals surface area contributed by atoms with Gasteiger partial charge in [0.05, 0.1) is 25.1 Å². The predicted octanol–water partition coefficient (Wildman–Crippen LogP) is 1.54. The average Bonchev–Trinajstić information content (AvgIpc) is 2.58. The van der Waals surface area contributed by atoms with Crippen molar-refractivity contribution in [1.82, 2.24) is 4.98 Å². The maximum Gasteiger partial charge on any atom is 0.194 e. The van der Waals surface area contributed by atoms with Gasteiger partial charge in [-0.2, -0.15) is 0 Å². The summed E-state index contributed by atoms with van der Waals surface area (Å²) >= 11 is 5.78. The molecule has 0 amide bonds. The van der Waals surface area contributed by atoms with E-state index in [0.29, 0.717) is 24.1 Å². The van der Waals surface area contributed by atoms with Gasteiger partial charge in [0.2, 0.25) is 0 Å². The Kier molecular flexibility index (Phi) is 2.34. The first-order valence-corrected chi connectivity index (χ1v) is 4.69. The van der Waals surface area contributed by atoms with Crippen LogP contribution < -0.4 is 5.73 Å². The van der Waals surface area contributed by atoms with E-state index in [4.69, 9.17) is 26.8 Å². The van der Waals surface area contributed by atoms with Gasteiger partial charge in [0.15, 0.2) is 5.79 Å². The first-order valence-electron chi connectivity index (χ1n) is 4.31. The fourth-order valence-electron chi connectivity index (χ4n) is 1.50. The normalized spacial score (nSPS) is 19.9. The Morgan fingerprint density at radius 1 is 1.50 bits per heavy atom. The highest BCUT2D eigenvalue weighted by Gasteiger charge is 2.35. The van der Waals surface area contributed by atoms with Crippen molar-refractivity contribution in [1.29, 1.82) is 0 Å². The van der Waals surface area contributed by atoms with Gasteiger partial charge in [-0.25, -0.2) is 4.98 Å². The van der Waals surface area contributed by atoms with Gasteiger partial charge in [0.25, 0.3) is 0 Å². The lowest BCUT2D eigenvalue weighted by Crippen LogP contribution is -2.24. The van der Waals surface area contributed by atoms with E-state index in [1.807, 2.05) is 6.92 Å². The summed E-state index contributed by atoms with van der Waals surface area (Å²) in [5, 5.41) is 0.384. The number of nitrogen functional groups attached to an aromatic ring is 1. The van der Waals surface area contributed by atoms with Crippen LogP contribution in [0, 0.1) is 0 Å². The summed E-state index contributed by atoms with van der Waals surface area (Å²) in [6, 6.07) is 1.67. The predicted molar refractivity (Wildman–Crippen MR) is 52.9 cm³/mol. The summed E-state index contributed by atoms with van der Waals surface area (Å²) in [5.74, 6) is -0.781. The van der Waals surface area contributed by atoms with Crippen LogP contribution in [0.4, 0.5) is 5.69 Å². The number of pyridine rings is 1. The molecule has 2 N–H and O–H groups in total. The number of hydrogen-bond donors (Lipinski definition) is 1. The standard InChI is InChI=1S/C9H11ClN2O2/c1-9(13-2-3-14-9)6-4-8(10)12-5-7(6)11/h4-5H,2-3,11H2,1H3. The molecule has 4 nitrogen and oxygen atoms in total. The first kappa shape index (κ1) is 9.71. The molecule has 76 valence electrons. The lowest BCUT2D eigenvalue weighted by molar-refractivity contribution is -0.149. The molecule has 1 aromatic rings. The van der Waals surface area contributed by atoms with E-state index in [1.54, 1.807) is 6.07 Å². The van der Waals surface area contributed by atoms with Crippen molar-refractivity contribution < 1.29 is 9.47 Å². The highest BCUT2D eigenvalue weighted by atomic mass is 35.5. The Balaban J connectivity index is 2.44. The molecular formula is C9H11ClN2O2. The lowest BCUT2D eigenvalue weighted by atomic mass is 10.1. The van der Waals surface area contributed by atoms with E-state index in [1.165, 1.54) is 6.20 Å². The zero-order valence-corrected chi connectivity index (χ0v) is 8.54. The van der Waals surface area contributed by atoms with Crippen molar-refractivity contribution in [2.24, 2.45) is 0 Å². The Hall–Kier alpha value is -0.840. The van der Waals surface area contributed by atoms with Gasteiger partial charge in [-0.3, -0.25) is 0 Å². The van der Waals surface area contributed by atoms with E-state index < -0.39 is 5.79 Å². The molecule has 5 heteroatoms. The van der Waals surface area contributed by atoms with Crippen LogP contribution in [0.2, 0.25) is 5.15 Å². The second-order valence-electron chi connectivity index (χ2n) is 3.24. The molecule has 14 heavy (non-hydrogen) atoms. The smallest absolute Gasteiger partial charge is 0.194 e. The molecule has 1 aromatic heterocycles. The minimum atomic E-state index is -0.781. The second kappa shape index (κ2) is 3.38. The first-order chi connectivity index (χ1) is 6.62. The van der Waals surface area contributed by atoms with Gasteiger partial charge in [0, 0.05) is 5.56 Å². The molecule has 2 heterocycles. The molecule has 0 spiro atoms. The summed E-state index contributed by atoms with van der Waals surface area (Å²) in [6.07, 6.45) is 1.51. The van der Waals surface area contributed by atoms with E-state index in [2.05, 4.69) is 4.98 Å². The van der Waals surface area contributed by atoms with Crippen LogP contribution >= 0.6 is 11.6 Å². The highest BCUT2D eigenvalue weighted by molar-refractivity contribution is 6.29. The fourth-order valence-corrected chi connectivity index (χ4v) is 1.66. The number of hydrogen-bond acceptors (Lipinski definition) is 4. The van der Waals surface area contributed by atoms with E-state index in [0.717, 1.165) is 5.56 Å². The van der Waals surface area contributed by atoms with Crippen molar-refractivity contribution in [2.45, 2.75) is 12.7 Å². The Labute approximate surface area is 87.0 Å². The van der Waals surface area contributed by atoms with E-state index >= 15 is 0 Å². The molecular weight excluding hydrogens is 204 g/mol. The molecule has 0 radical (unpaired) electrons. The number of nitrogens with two attached hydrogens (primary N) is 1. The number of ether oxygens (including phenoxy) is 2. The molecule has 0 unspecified atom stereocenters. The number of rotatable bonds is 1. The van der Waals surface area contributed by atoms with E-state index in [-0.39, 0.29) is 0 Å². The molecule has 0 aliphatic carbocycles. The molecule has 1 aliphatic rings. The van der Waals surface area contributed by atoms with Crippen molar-refractivity contribution in [3.63, 3.8) is 0 Å². The van der Waals surface area contributed by atoms with Crippen LogP contribution in [0.25, 0.3) is 0 Å². The zero-order valence-electron chi connectivity index (χ0n) is 7.79. The third-order valence-corrected chi connectivity index (χ3v) is 2.44. The summed E-state index contributed by atoms with van der Waals surface area (Å²) in [7, 11) is 0.